The molecule has 152 valence electrons. The van der Waals surface area contributed by atoms with Gasteiger partial charge < -0.3 is 5.32 Å². The molecule has 0 radical (unpaired) electrons. The fraction of sp³-hybridized carbons (Fsp3) is 0.0476. The first-order chi connectivity index (χ1) is 14.4. The van der Waals surface area contributed by atoms with Crippen LogP contribution in [0.4, 0.5) is 15.8 Å². The third-order valence-electron chi connectivity index (χ3n) is 4.39. The third-order valence-corrected chi connectivity index (χ3v) is 5.77. The molecular weight excluding hydrogens is 407 g/mol. The van der Waals surface area contributed by atoms with Gasteiger partial charge >= 0.3 is 0 Å². The van der Waals surface area contributed by atoms with Gasteiger partial charge in [-0.3, -0.25) is 14.6 Å². The highest BCUT2D eigenvalue weighted by atomic mass is 32.2. The number of hydrogen-bond donors (Lipinski definition) is 3. The molecule has 0 unspecified atom stereocenters. The summed E-state index contributed by atoms with van der Waals surface area (Å²) >= 11 is 0. The van der Waals surface area contributed by atoms with Gasteiger partial charge in [0.15, 0.2) is 0 Å². The van der Waals surface area contributed by atoms with E-state index in [0.717, 1.165) is 6.07 Å². The van der Waals surface area contributed by atoms with Crippen LogP contribution < -0.4 is 10.0 Å². The Hall–Kier alpha value is -3.72. The lowest BCUT2D eigenvalue weighted by molar-refractivity contribution is -0.115. The maximum absolute atomic E-state index is 13.4. The topological polar surface area (TPSA) is 104 Å². The number of nitrogens with zero attached hydrogens (tertiary/aromatic N) is 1. The Morgan fingerprint density at radius 1 is 0.967 bits per heavy atom. The highest BCUT2D eigenvalue weighted by molar-refractivity contribution is 7.92. The maximum Gasteiger partial charge on any atom is 0.261 e. The Morgan fingerprint density at radius 3 is 2.50 bits per heavy atom. The summed E-state index contributed by atoms with van der Waals surface area (Å²) in [5.74, 6) is -0.815. The summed E-state index contributed by atoms with van der Waals surface area (Å²) in [6.07, 6.45) is -0.00772. The molecule has 0 aliphatic rings. The van der Waals surface area contributed by atoms with Gasteiger partial charge in [-0.1, -0.05) is 24.3 Å². The standard InChI is InChI=1S/C21H17FN4O3S/c22-14-5-4-8-16(11-14)26-30(28,29)17-9-10-19-18(12-17)20(25-24-19)13-21(27)23-15-6-2-1-3-7-15/h1-12,26H,13H2,(H,23,27)(H,24,25). The smallest absolute Gasteiger partial charge is 0.261 e. The Kier molecular flexibility index (Phi) is 5.20. The number of fused-ring (bicyclic) bond motifs is 1. The van der Waals surface area contributed by atoms with E-state index in [0.29, 0.717) is 22.3 Å². The number of amides is 1. The van der Waals surface area contributed by atoms with Crippen LogP contribution in [-0.4, -0.2) is 24.5 Å². The van der Waals surface area contributed by atoms with E-state index < -0.39 is 15.8 Å². The van der Waals surface area contributed by atoms with E-state index in [4.69, 9.17) is 0 Å². The number of halogens is 1. The van der Waals surface area contributed by atoms with Crippen LogP contribution in [0.2, 0.25) is 0 Å². The van der Waals surface area contributed by atoms with Gasteiger partial charge in [-0.2, -0.15) is 5.10 Å². The van der Waals surface area contributed by atoms with Gasteiger partial charge in [-0.05, 0) is 48.5 Å². The molecule has 4 aromatic rings. The van der Waals surface area contributed by atoms with E-state index in [1.807, 2.05) is 18.2 Å². The monoisotopic (exact) mass is 424 g/mol. The molecule has 7 nitrogen and oxygen atoms in total. The van der Waals surface area contributed by atoms with E-state index in [-0.39, 0.29) is 22.9 Å². The zero-order valence-corrected chi connectivity index (χ0v) is 16.4. The second-order valence-corrected chi connectivity index (χ2v) is 8.27. The van der Waals surface area contributed by atoms with Crippen molar-refractivity contribution in [3.05, 3.63) is 84.3 Å². The van der Waals surface area contributed by atoms with Crippen LogP contribution >= 0.6 is 0 Å². The number of carbonyl (C=O) groups is 1. The zero-order valence-electron chi connectivity index (χ0n) is 15.6. The Morgan fingerprint density at radius 2 is 1.73 bits per heavy atom. The molecule has 0 saturated carbocycles. The lowest BCUT2D eigenvalue weighted by atomic mass is 10.1. The molecule has 30 heavy (non-hydrogen) atoms. The van der Waals surface area contributed by atoms with Crippen molar-refractivity contribution in [3.63, 3.8) is 0 Å². The summed E-state index contributed by atoms with van der Waals surface area (Å²) < 4.78 is 41.1. The number of H-pyrrole nitrogens is 1. The number of rotatable bonds is 6. The number of aromatic nitrogens is 2. The zero-order chi connectivity index (χ0) is 21.1. The number of hydrogen-bond acceptors (Lipinski definition) is 4. The SMILES string of the molecule is O=C(Cc1[nH]nc2ccc(S(=O)(=O)Nc3cccc(F)c3)cc12)Nc1ccccc1. The van der Waals surface area contributed by atoms with E-state index in [2.05, 4.69) is 20.2 Å². The summed E-state index contributed by atoms with van der Waals surface area (Å²) in [4.78, 5) is 12.3. The number of anilines is 2. The summed E-state index contributed by atoms with van der Waals surface area (Å²) in [5.41, 5.74) is 1.79. The van der Waals surface area contributed by atoms with Crippen molar-refractivity contribution in [2.75, 3.05) is 10.0 Å². The maximum atomic E-state index is 13.4. The van der Waals surface area contributed by atoms with Crippen LogP contribution in [0, 0.1) is 5.82 Å². The van der Waals surface area contributed by atoms with Crippen molar-refractivity contribution < 1.29 is 17.6 Å². The molecule has 1 amide bonds. The highest BCUT2D eigenvalue weighted by Gasteiger charge is 2.18. The van der Waals surface area contributed by atoms with E-state index in [9.17, 15) is 17.6 Å². The molecule has 1 heterocycles. The van der Waals surface area contributed by atoms with Gasteiger partial charge in [0.1, 0.15) is 5.82 Å². The van der Waals surface area contributed by atoms with Gasteiger partial charge in [0, 0.05) is 11.1 Å². The summed E-state index contributed by atoms with van der Waals surface area (Å²) in [6.45, 7) is 0. The summed E-state index contributed by atoms with van der Waals surface area (Å²) in [6, 6.07) is 18.6. The normalized spacial score (nSPS) is 11.4. The minimum Gasteiger partial charge on any atom is -0.326 e. The summed E-state index contributed by atoms with van der Waals surface area (Å²) in [7, 11) is -3.95. The first-order valence-corrected chi connectivity index (χ1v) is 10.5. The minimum atomic E-state index is -3.95. The Balaban J connectivity index is 1.58. The average Bonchev–Trinajstić information content (AvgIpc) is 3.10. The number of benzene rings is 3. The molecule has 9 heteroatoms. The highest BCUT2D eigenvalue weighted by Crippen LogP contribution is 2.23. The minimum absolute atomic E-state index is 0.00772. The predicted octanol–water partition coefficient (Wildman–Crippen LogP) is 3.68. The van der Waals surface area contributed by atoms with Crippen molar-refractivity contribution in [1.82, 2.24) is 10.2 Å². The number of nitrogens with one attached hydrogen (secondary N) is 3. The predicted molar refractivity (Wildman–Crippen MR) is 112 cm³/mol. The van der Waals surface area contributed by atoms with Crippen LogP contribution in [0.15, 0.2) is 77.7 Å². The van der Waals surface area contributed by atoms with Gasteiger partial charge in [0.2, 0.25) is 5.91 Å². The fourth-order valence-electron chi connectivity index (χ4n) is 3.00. The molecular formula is C21H17FN4O3S. The largest absolute Gasteiger partial charge is 0.326 e. The number of aromatic amines is 1. The quantitative estimate of drug-likeness (QED) is 0.439. The lowest BCUT2D eigenvalue weighted by Crippen LogP contribution is -2.15. The van der Waals surface area contributed by atoms with Crippen LogP contribution in [0.1, 0.15) is 5.69 Å². The van der Waals surface area contributed by atoms with Crippen LogP contribution in [0.5, 0.6) is 0 Å². The molecule has 0 aliphatic carbocycles. The fourth-order valence-corrected chi connectivity index (χ4v) is 4.07. The van der Waals surface area contributed by atoms with Crippen molar-refractivity contribution in [3.8, 4) is 0 Å². The molecule has 0 spiro atoms. The molecule has 0 saturated heterocycles. The van der Waals surface area contributed by atoms with Gasteiger partial charge in [-0.15, -0.1) is 0 Å². The molecule has 0 bridgehead atoms. The van der Waals surface area contributed by atoms with E-state index >= 15 is 0 Å². The second-order valence-electron chi connectivity index (χ2n) is 6.59. The van der Waals surface area contributed by atoms with Crippen molar-refractivity contribution in [1.29, 1.82) is 0 Å². The summed E-state index contributed by atoms with van der Waals surface area (Å²) in [5, 5.41) is 10.2. The molecule has 0 aliphatic heterocycles. The lowest BCUT2D eigenvalue weighted by Gasteiger charge is -2.08. The molecule has 0 fully saturated rings. The number of para-hydroxylation sites is 1. The van der Waals surface area contributed by atoms with E-state index in [1.165, 1.54) is 30.3 Å². The average molecular weight is 424 g/mol. The third kappa shape index (κ3) is 4.31. The molecule has 3 N–H and O–H groups in total. The molecule has 3 aromatic carbocycles. The second kappa shape index (κ2) is 7.96. The molecule has 4 rings (SSSR count). The Bertz CT molecular complexity index is 1320. The molecule has 0 atom stereocenters. The van der Waals surface area contributed by atoms with Crippen LogP contribution in [0.3, 0.4) is 0 Å². The first-order valence-electron chi connectivity index (χ1n) is 9.01. The number of sulfonamides is 1. The van der Waals surface area contributed by atoms with Gasteiger partial charge in [0.05, 0.1) is 28.2 Å². The van der Waals surface area contributed by atoms with Crippen LogP contribution in [0.25, 0.3) is 10.9 Å². The van der Waals surface area contributed by atoms with Crippen molar-refractivity contribution >= 4 is 38.2 Å². The van der Waals surface area contributed by atoms with Gasteiger partial charge in [0.25, 0.3) is 10.0 Å². The first kappa shape index (κ1) is 19.6. The van der Waals surface area contributed by atoms with Gasteiger partial charge in [-0.25, -0.2) is 12.8 Å². The van der Waals surface area contributed by atoms with Crippen molar-refractivity contribution in [2.24, 2.45) is 0 Å². The van der Waals surface area contributed by atoms with Crippen LogP contribution in [-0.2, 0) is 21.2 Å². The van der Waals surface area contributed by atoms with E-state index in [1.54, 1.807) is 18.2 Å². The number of carbonyl (C=O) groups excluding carboxylic acids is 1. The Labute approximate surface area is 172 Å². The molecule has 1 aromatic heterocycles. The van der Waals surface area contributed by atoms with Crippen molar-refractivity contribution in [2.45, 2.75) is 11.3 Å².